The number of hydrogen-bond donors (Lipinski definition) is 0. The van der Waals surface area contributed by atoms with Crippen LogP contribution in [-0.2, 0) is 0 Å². The molecule has 5 nitrogen and oxygen atoms in total. The summed E-state index contributed by atoms with van der Waals surface area (Å²) in [7, 11) is 0. The number of rotatable bonds is 4. The van der Waals surface area contributed by atoms with E-state index in [4.69, 9.17) is 11.6 Å². The second-order valence-electron chi connectivity index (χ2n) is 15.5. The Kier molecular flexibility index (Phi) is 6.52. The molecule has 5 heteroatoms. The van der Waals surface area contributed by atoms with E-state index in [0.29, 0.717) is 22.5 Å². The Hall–Kier alpha value is -8.51. The molecule has 0 bridgehead atoms. The van der Waals surface area contributed by atoms with Crippen LogP contribution in [0.3, 0.4) is 0 Å². The van der Waals surface area contributed by atoms with Gasteiger partial charge in [0.05, 0.1) is 40.1 Å². The van der Waals surface area contributed by atoms with Crippen LogP contribution >= 0.6 is 0 Å². The average Bonchev–Trinajstić information content (AvgIpc) is 3.84. The number of pyridine rings is 1. The molecule has 0 N–H and O–H groups in total. The predicted octanol–water partition coefficient (Wildman–Crippen LogP) is 14.5. The minimum Gasteiger partial charge on any atom is -0.307 e. The maximum Gasteiger partial charge on any atom is 0.220 e. The van der Waals surface area contributed by atoms with Gasteiger partial charge in [-0.2, -0.15) is 5.26 Å². The monoisotopic (exact) mass is 759 g/mol. The standard InChI is InChI=1S/C55H29N5/c1-57-52-46(32-15-4-2-5-16-32)42(31-56)53(59-43-26-12-23-38-34-19-8-9-20-35(34)39-24-13-27-44(59)49(39)48(38)43)47(33-17-6-3-7-18-33)54(52)60-45-28-14-25-40-36-21-10-11-22-37(36)41-29-30-58-55(60)51(41)50(40)45/h2-30H. The zero-order valence-corrected chi connectivity index (χ0v) is 32.0. The van der Waals surface area contributed by atoms with Crippen molar-refractivity contribution in [3.63, 3.8) is 0 Å². The molecule has 13 rings (SSSR count). The zero-order chi connectivity index (χ0) is 39.6. The van der Waals surface area contributed by atoms with Crippen LogP contribution in [0, 0.1) is 17.9 Å². The summed E-state index contributed by atoms with van der Waals surface area (Å²) in [5.74, 6) is 0. The van der Waals surface area contributed by atoms with Crippen LogP contribution in [-0.4, -0.2) is 14.1 Å². The summed E-state index contributed by atoms with van der Waals surface area (Å²) in [5, 5.41) is 25.5. The van der Waals surface area contributed by atoms with Gasteiger partial charge in [0.2, 0.25) is 5.69 Å². The van der Waals surface area contributed by atoms with E-state index in [1.807, 2.05) is 54.7 Å². The summed E-state index contributed by atoms with van der Waals surface area (Å²) in [4.78, 5) is 9.66. The molecule has 10 aromatic carbocycles. The molecule has 0 aliphatic carbocycles. The number of benzene rings is 10. The van der Waals surface area contributed by atoms with E-state index in [2.05, 4.69) is 141 Å². The number of nitrogens with zero attached hydrogens (tertiary/aromatic N) is 5. The molecular formula is C55H29N5. The van der Waals surface area contributed by atoms with Crippen LogP contribution in [0.2, 0.25) is 0 Å². The van der Waals surface area contributed by atoms with E-state index >= 15 is 0 Å². The maximum atomic E-state index is 11.7. The van der Waals surface area contributed by atoms with Crippen LogP contribution in [0.4, 0.5) is 5.69 Å². The quantitative estimate of drug-likeness (QED) is 0.133. The summed E-state index contributed by atoms with van der Waals surface area (Å²) < 4.78 is 4.52. The van der Waals surface area contributed by atoms with Gasteiger partial charge in [-0.1, -0.05) is 146 Å². The molecule has 0 spiro atoms. The zero-order valence-electron chi connectivity index (χ0n) is 32.0. The fourth-order valence-corrected chi connectivity index (χ4v) is 10.5. The van der Waals surface area contributed by atoms with E-state index in [1.165, 1.54) is 16.2 Å². The lowest BCUT2D eigenvalue weighted by molar-refractivity contribution is 1.12. The van der Waals surface area contributed by atoms with Crippen LogP contribution in [0.1, 0.15) is 5.56 Å². The number of hydrogen-bond acceptors (Lipinski definition) is 2. The molecular weight excluding hydrogens is 731 g/mol. The summed E-state index contributed by atoms with van der Waals surface area (Å²) in [6.07, 6.45) is 1.89. The van der Waals surface area contributed by atoms with Gasteiger partial charge in [0.15, 0.2) is 0 Å². The molecule has 0 aliphatic rings. The average molecular weight is 760 g/mol. The normalized spacial score (nSPS) is 12.0. The summed E-state index contributed by atoms with van der Waals surface area (Å²) in [6, 6.07) is 61.8. The summed E-state index contributed by atoms with van der Waals surface area (Å²) in [5.41, 5.74) is 9.04. The van der Waals surface area contributed by atoms with Gasteiger partial charge < -0.3 is 9.13 Å². The Morgan fingerprint density at radius 1 is 0.433 bits per heavy atom. The first-order valence-corrected chi connectivity index (χ1v) is 20.1. The first-order chi connectivity index (χ1) is 29.8. The second-order valence-corrected chi connectivity index (χ2v) is 15.5. The van der Waals surface area contributed by atoms with Crippen molar-refractivity contribution in [2.75, 3.05) is 0 Å². The molecule has 0 saturated heterocycles. The van der Waals surface area contributed by atoms with E-state index < -0.39 is 0 Å². The lowest BCUT2D eigenvalue weighted by Gasteiger charge is -2.25. The maximum absolute atomic E-state index is 11.7. The van der Waals surface area contributed by atoms with E-state index in [1.54, 1.807) is 0 Å². The highest BCUT2D eigenvalue weighted by atomic mass is 15.1. The first-order valence-electron chi connectivity index (χ1n) is 20.1. The molecule has 0 saturated carbocycles. The van der Waals surface area contributed by atoms with Gasteiger partial charge in [0.25, 0.3) is 0 Å². The van der Waals surface area contributed by atoms with Gasteiger partial charge in [-0.05, 0) is 78.5 Å². The third-order valence-electron chi connectivity index (χ3n) is 12.7. The Morgan fingerprint density at radius 2 is 0.867 bits per heavy atom. The van der Waals surface area contributed by atoms with Crippen LogP contribution in [0.5, 0.6) is 0 Å². The second kappa shape index (κ2) is 12.0. The van der Waals surface area contributed by atoms with Crippen molar-refractivity contribution in [2.45, 2.75) is 0 Å². The highest BCUT2D eigenvalue weighted by Crippen LogP contribution is 2.54. The summed E-state index contributed by atoms with van der Waals surface area (Å²) >= 11 is 0. The van der Waals surface area contributed by atoms with Crippen molar-refractivity contribution in [1.29, 1.82) is 5.26 Å². The fourth-order valence-electron chi connectivity index (χ4n) is 10.5. The SMILES string of the molecule is [C-]#[N+]c1c(-c2ccccc2)c(C#N)c(-n2c3cccc4c5ccccc5c5cccc2c5c43)c(-c2ccccc2)c1-n1c2cccc3c4ccccc4c4ccnc1c4c32. The largest absolute Gasteiger partial charge is 0.307 e. The van der Waals surface area contributed by atoms with Crippen molar-refractivity contribution in [3.05, 3.63) is 193 Å². The number of fused-ring (bicyclic) bond motifs is 6. The highest BCUT2D eigenvalue weighted by molar-refractivity contribution is 6.36. The van der Waals surface area contributed by atoms with Gasteiger partial charge in [-0.3, -0.25) is 0 Å². The van der Waals surface area contributed by atoms with Gasteiger partial charge in [-0.15, -0.1) is 0 Å². The topological polar surface area (TPSA) is 50.9 Å². The molecule has 0 fully saturated rings. The fraction of sp³-hybridized carbons (Fsp3) is 0. The highest BCUT2D eigenvalue weighted by Gasteiger charge is 2.33. The molecule has 13 aromatic rings. The lowest BCUT2D eigenvalue weighted by atomic mass is 9.88. The number of nitriles is 1. The molecule has 0 unspecified atom stereocenters. The van der Waals surface area contributed by atoms with Gasteiger partial charge in [-0.25, -0.2) is 9.83 Å². The third kappa shape index (κ3) is 4.05. The van der Waals surface area contributed by atoms with Crippen LogP contribution < -0.4 is 0 Å². The molecule has 0 aliphatic heterocycles. The van der Waals surface area contributed by atoms with Crippen molar-refractivity contribution < 1.29 is 0 Å². The Bertz CT molecular complexity index is 3610. The molecule has 3 aromatic heterocycles. The number of aromatic nitrogens is 3. The van der Waals surface area contributed by atoms with Crippen molar-refractivity contribution in [2.24, 2.45) is 0 Å². The van der Waals surface area contributed by atoms with E-state index in [0.717, 1.165) is 93.1 Å². The molecule has 3 heterocycles. The van der Waals surface area contributed by atoms with Crippen molar-refractivity contribution in [3.8, 4) is 39.7 Å². The van der Waals surface area contributed by atoms with Gasteiger partial charge in [0.1, 0.15) is 11.7 Å². The molecule has 0 amide bonds. The Labute approximate surface area is 343 Å². The van der Waals surface area contributed by atoms with Crippen LogP contribution in [0.25, 0.3) is 125 Å². The molecule has 0 atom stereocenters. The van der Waals surface area contributed by atoms with E-state index in [9.17, 15) is 5.26 Å². The predicted molar refractivity (Wildman–Crippen MR) is 247 cm³/mol. The Morgan fingerprint density at radius 3 is 1.37 bits per heavy atom. The smallest absolute Gasteiger partial charge is 0.220 e. The third-order valence-corrected chi connectivity index (χ3v) is 12.7. The minimum absolute atomic E-state index is 0.396. The molecule has 60 heavy (non-hydrogen) atoms. The summed E-state index contributed by atoms with van der Waals surface area (Å²) in [6.45, 7) is 9.15. The first kappa shape index (κ1) is 32.6. The van der Waals surface area contributed by atoms with Gasteiger partial charge >= 0.3 is 0 Å². The van der Waals surface area contributed by atoms with Crippen molar-refractivity contribution in [1.82, 2.24) is 14.1 Å². The minimum atomic E-state index is 0.396. The van der Waals surface area contributed by atoms with Crippen LogP contribution in [0.15, 0.2) is 176 Å². The lowest BCUT2D eigenvalue weighted by Crippen LogP contribution is -2.09. The van der Waals surface area contributed by atoms with Crippen molar-refractivity contribution >= 4 is 92.5 Å². The molecule has 0 radical (unpaired) electrons. The molecule has 274 valence electrons. The van der Waals surface area contributed by atoms with Gasteiger partial charge in [0, 0.05) is 38.9 Å². The Balaban J connectivity index is 1.33. The van der Waals surface area contributed by atoms with E-state index in [-0.39, 0.29) is 0 Å².